The summed E-state index contributed by atoms with van der Waals surface area (Å²) < 4.78 is 7.43. The molecule has 1 aromatic heterocycles. The molecule has 2 heterocycles. The van der Waals surface area contributed by atoms with Gasteiger partial charge in [0, 0.05) is 23.8 Å². The molecule has 0 fully saturated rings. The van der Waals surface area contributed by atoms with Crippen LogP contribution in [0.4, 0.5) is 0 Å². The molecule has 1 aliphatic heterocycles. The van der Waals surface area contributed by atoms with Gasteiger partial charge in [0.1, 0.15) is 5.75 Å². The topological polar surface area (TPSA) is 53.1 Å². The number of nitrogens with zero attached hydrogens (tertiary/aromatic N) is 2. The van der Waals surface area contributed by atoms with E-state index < -0.39 is 0 Å². The highest BCUT2D eigenvalue weighted by Crippen LogP contribution is 2.28. The highest BCUT2D eigenvalue weighted by molar-refractivity contribution is 5.64. The molecule has 0 spiro atoms. The van der Waals surface area contributed by atoms with Gasteiger partial charge in [-0.25, -0.2) is 4.98 Å². The van der Waals surface area contributed by atoms with E-state index in [2.05, 4.69) is 15.6 Å². The molecule has 1 aromatic carbocycles. The van der Waals surface area contributed by atoms with E-state index in [-0.39, 0.29) is 6.04 Å². The van der Waals surface area contributed by atoms with Gasteiger partial charge in [0.25, 0.3) is 0 Å². The summed E-state index contributed by atoms with van der Waals surface area (Å²) in [4.78, 5) is 4.53. The van der Waals surface area contributed by atoms with Gasteiger partial charge in [-0.3, -0.25) is 0 Å². The van der Waals surface area contributed by atoms with Gasteiger partial charge in [0.15, 0.2) is 0 Å². The van der Waals surface area contributed by atoms with Crippen LogP contribution in [-0.4, -0.2) is 22.7 Å². The lowest BCUT2D eigenvalue weighted by atomic mass is 10.0. The second-order valence-electron chi connectivity index (χ2n) is 4.72. The molecule has 2 aromatic rings. The number of nitrogens with two attached hydrogens (primary N) is 1. The first-order chi connectivity index (χ1) is 8.78. The van der Waals surface area contributed by atoms with Gasteiger partial charge >= 0.3 is 0 Å². The maximum absolute atomic E-state index is 5.97. The number of rotatable bonds is 2. The van der Waals surface area contributed by atoms with Gasteiger partial charge in [-0.15, -0.1) is 0 Å². The molecule has 0 bridgehead atoms. The Morgan fingerprint density at radius 2 is 2.33 bits per heavy atom. The molecule has 3 rings (SSSR count). The number of aromatic nitrogens is 2. The second kappa shape index (κ2) is 4.46. The Balaban J connectivity index is 2.02. The van der Waals surface area contributed by atoms with Crippen LogP contribution in [0.25, 0.3) is 11.3 Å². The highest BCUT2D eigenvalue weighted by Gasteiger charge is 2.20. The van der Waals surface area contributed by atoms with Crippen molar-refractivity contribution in [1.82, 2.24) is 9.55 Å². The van der Waals surface area contributed by atoms with Crippen LogP contribution in [0.1, 0.15) is 12.1 Å². The molecule has 1 unspecified atom stereocenters. The summed E-state index contributed by atoms with van der Waals surface area (Å²) in [5.41, 5.74) is 9.42. The Hall–Kier alpha value is -1.81. The van der Waals surface area contributed by atoms with Crippen molar-refractivity contribution in [2.75, 3.05) is 7.11 Å². The fourth-order valence-corrected chi connectivity index (χ4v) is 2.50. The molecule has 0 saturated heterocycles. The van der Waals surface area contributed by atoms with E-state index in [1.165, 1.54) is 5.69 Å². The van der Waals surface area contributed by atoms with Crippen LogP contribution in [0.3, 0.4) is 0 Å². The minimum absolute atomic E-state index is 0.254. The third-order valence-electron chi connectivity index (χ3n) is 3.47. The Kier molecular flexibility index (Phi) is 2.80. The molecular formula is C14H17N3O. The van der Waals surface area contributed by atoms with Gasteiger partial charge in [-0.2, -0.15) is 0 Å². The standard InChI is InChI=1S/C14H17N3O/c1-18-12-4-2-3-10(7-12)14-13-6-5-11(15)8-17(13)9-16-14/h2-4,7,9,11H,5-6,8,15H2,1H3. The number of fused-ring (bicyclic) bond motifs is 1. The van der Waals surface area contributed by atoms with E-state index in [9.17, 15) is 0 Å². The normalized spacial score (nSPS) is 18.4. The fraction of sp³-hybridized carbons (Fsp3) is 0.357. The molecule has 4 heteroatoms. The number of ether oxygens (including phenoxy) is 1. The summed E-state index contributed by atoms with van der Waals surface area (Å²) in [5.74, 6) is 0.863. The third kappa shape index (κ3) is 1.88. The average Bonchev–Trinajstić information content (AvgIpc) is 2.81. The summed E-state index contributed by atoms with van der Waals surface area (Å²) >= 11 is 0. The zero-order valence-electron chi connectivity index (χ0n) is 10.5. The lowest BCUT2D eigenvalue weighted by Gasteiger charge is -2.21. The van der Waals surface area contributed by atoms with Crippen molar-refractivity contribution < 1.29 is 4.74 Å². The van der Waals surface area contributed by atoms with Gasteiger partial charge in [-0.05, 0) is 25.0 Å². The van der Waals surface area contributed by atoms with Crippen LogP contribution in [0, 0.1) is 0 Å². The molecule has 0 radical (unpaired) electrons. The maximum atomic E-state index is 5.97. The van der Waals surface area contributed by atoms with Crippen molar-refractivity contribution in [2.24, 2.45) is 5.73 Å². The van der Waals surface area contributed by atoms with Crippen molar-refractivity contribution in [2.45, 2.75) is 25.4 Å². The number of benzene rings is 1. The first-order valence-corrected chi connectivity index (χ1v) is 6.22. The Morgan fingerprint density at radius 1 is 1.44 bits per heavy atom. The monoisotopic (exact) mass is 243 g/mol. The minimum atomic E-state index is 0.254. The van der Waals surface area contributed by atoms with Crippen LogP contribution in [0.2, 0.25) is 0 Å². The van der Waals surface area contributed by atoms with Crippen LogP contribution in [0.5, 0.6) is 5.75 Å². The van der Waals surface area contributed by atoms with E-state index in [0.717, 1.165) is 36.4 Å². The predicted molar refractivity (Wildman–Crippen MR) is 70.5 cm³/mol. The molecule has 4 nitrogen and oxygen atoms in total. The third-order valence-corrected chi connectivity index (χ3v) is 3.47. The smallest absolute Gasteiger partial charge is 0.119 e. The highest BCUT2D eigenvalue weighted by atomic mass is 16.5. The Bertz CT molecular complexity index is 562. The number of hydrogen-bond donors (Lipinski definition) is 1. The molecule has 0 saturated carbocycles. The summed E-state index contributed by atoms with van der Waals surface area (Å²) in [6, 6.07) is 8.29. The van der Waals surface area contributed by atoms with Crippen molar-refractivity contribution >= 4 is 0 Å². The van der Waals surface area contributed by atoms with E-state index in [1.807, 2.05) is 24.5 Å². The van der Waals surface area contributed by atoms with Crippen LogP contribution in [-0.2, 0) is 13.0 Å². The Labute approximate surface area is 106 Å². The SMILES string of the molecule is COc1cccc(-c2ncn3c2CCC(N)C3)c1. The van der Waals surface area contributed by atoms with Crippen LogP contribution >= 0.6 is 0 Å². The largest absolute Gasteiger partial charge is 0.497 e. The van der Waals surface area contributed by atoms with Crippen LogP contribution in [0.15, 0.2) is 30.6 Å². The number of methoxy groups -OCH3 is 1. The van der Waals surface area contributed by atoms with E-state index in [0.29, 0.717) is 0 Å². The van der Waals surface area contributed by atoms with Gasteiger partial charge in [-0.1, -0.05) is 12.1 Å². The molecule has 2 N–H and O–H groups in total. The van der Waals surface area contributed by atoms with Crippen molar-refractivity contribution in [3.63, 3.8) is 0 Å². The quantitative estimate of drug-likeness (QED) is 0.875. The van der Waals surface area contributed by atoms with Crippen molar-refractivity contribution in [1.29, 1.82) is 0 Å². The van der Waals surface area contributed by atoms with Crippen molar-refractivity contribution in [3.8, 4) is 17.0 Å². The predicted octanol–water partition coefficient (Wildman–Crippen LogP) is 1.83. The fourth-order valence-electron chi connectivity index (χ4n) is 2.50. The van der Waals surface area contributed by atoms with Crippen molar-refractivity contribution in [3.05, 3.63) is 36.3 Å². The van der Waals surface area contributed by atoms with Gasteiger partial charge in [0.2, 0.25) is 0 Å². The maximum Gasteiger partial charge on any atom is 0.119 e. The molecule has 94 valence electrons. The van der Waals surface area contributed by atoms with E-state index >= 15 is 0 Å². The van der Waals surface area contributed by atoms with Crippen LogP contribution < -0.4 is 10.5 Å². The average molecular weight is 243 g/mol. The minimum Gasteiger partial charge on any atom is -0.497 e. The summed E-state index contributed by atoms with van der Waals surface area (Å²) in [6.45, 7) is 0.867. The zero-order valence-corrected chi connectivity index (χ0v) is 10.5. The lowest BCUT2D eigenvalue weighted by Crippen LogP contribution is -2.31. The summed E-state index contributed by atoms with van der Waals surface area (Å²) in [5, 5.41) is 0. The molecule has 18 heavy (non-hydrogen) atoms. The van der Waals surface area contributed by atoms with E-state index in [4.69, 9.17) is 10.5 Å². The van der Waals surface area contributed by atoms with Gasteiger partial charge in [0.05, 0.1) is 19.1 Å². The molecular weight excluding hydrogens is 226 g/mol. The summed E-state index contributed by atoms with van der Waals surface area (Å²) in [6.07, 6.45) is 3.92. The molecule has 1 aliphatic rings. The molecule has 0 amide bonds. The number of hydrogen-bond acceptors (Lipinski definition) is 3. The van der Waals surface area contributed by atoms with Gasteiger partial charge < -0.3 is 15.0 Å². The lowest BCUT2D eigenvalue weighted by molar-refractivity contribution is 0.415. The first-order valence-electron chi connectivity index (χ1n) is 6.22. The number of imidazole rings is 1. The van der Waals surface area contributed by atoms with E-state index in [1.54, 1.807) is 7.11 Å². The first kappa shape index (κ1) is 11.3. The molecule has 1 atom stereocenters. The summed E-state index contributed by atoms with van der Waals surface area (Å²) in [7, 11) is 1.68. The molecule has 0 aliphatic carbocycles. The zero-order chi connectivity index (χ0) is 12.5. The Morgan fingerprint density at radius 3 is 3.17 bits per heavy atom. The second-order valence-corrected chi connectivity index (χ2v) is 4.72.